The normalized spacial score (nSPS) is 22.4. The summed E-state index contributed by atoms with van der Waals surface area (Å²) < 4.78 is 14.0. The average molecular weight is 539 g/mol. The van der Waals surface area contributed by atoms with Crippen LogP contribution in [0.3, 0.4) is 0 Å². The second kappa shape index (κ2) is 9.51. The molecule has 4 aromatic rings. The summed E-state index contributed by atoms with van der Waals surface area (Å²) in [6, 6.07) is 34.7. The SMILES string of the molecule is CC(C)(C)P1c2c(cccc2-c2ccccc2)O[C@H]1[C@@H]1Oc2cccc(-c3ccccc3)c2P1C(C)(C)C. The minimum absolute atomic E-state index is 0.00813. The molecule has 194 valence electrons. The monoisotopic (exact) mass is 538 g/mol. The standard InChI is InChI=1S/C34H36O2P2/c1-33(2,3)37-29-25(23-15-9-7-10-16-23)19-13-21-27(29)35-31(37)32-36-28-22-14-20-26(24-17-11-8-12-18-24)30(28)38(32)34(4,5)6/h7-22,31-32H,1-6H3/t31-,32-,37?,38?/m1/s1. The zero-order chi connectivity index (χ0) is 26.7. The van der Waals surface area contributed by atoms with Crippen LogP contribution in [0.15, 0.2) is 97.1 Å². The highest BCUT2D eigenvalue weighted by Gasteiger charge is 2.55. The summed E-state index contributed by atoms with van der Waals surface area (Å²) >= 11 is 0. The zero-order valence-corrected chi connectivity index (χ0v) is 24.9. The fraction of sp³-hybridized carbons (Fsp3) is 0.294. The molecule has 0 spiro atoms. The Morgan fingerprint density at radius 2 is 0.842 bits per heavy atom. The van der Waals surface area contributed by atoms with Gasteiger partial charge in [0.25, 0.3) is 0 Å². The first-order valence-electron chi connectivity index (χ1n) is 13.4. The lowest BCUT2D eigenvalue weighted by Gasteiger charge is -2.40. The van der Waals surface area contributed by atoms with E-state index in [1.807, 2.05) is 0 Å². The summed E-state index contributed by atoms with van der Waals surface area (Å²) in [6.45, 7) is 14.3. The Hall–Kier alpha value is -2.66. The largest absolute Gasteiger partial charge is 0.481 e. The molecule has 0 saturated heterocycles. The summed E-state index contributed by atoms with van der Waals surface area (Å²) in [6.07, 6.45) is 0. The van der Waals surface area contributed by atoms with Gasteiger partial charge in [-0.25, -0.2) is 0 Å². The Morgan fingerprint density at radius 1 is 0.474 bits per heavy atom. The van der Waals surface area contributed by atoms with Crippen molar-refractivity contribution in [3.63, 3.8) is 0 Å². The summed E-state index contributed by atoms with van der Waals surface area (Å²) in [4.78, 5) is 0. The molecular weight excluding hydrogens is 502 g/mol. The van der Waals surface area contributed by atoms with Crippen LogP contribution in [0.2, 0.25) is 0 Å². The molecule has 0 radical (unpaired) electrons. The Kier molecular flexibility index (Phi) is 6.41. The van der Waals surface area contributed by atoms with E-state index >= 15 is 0 Å². The Balaban J connectivity index is 1.50. The lowest BCUT2D eigenvalue weighted by Crippen LogP contribution is -2.38. The third kappa shape index (κ3) is 4.37. The number of fused-ring (bicyclic) bond motifs is 2. The molecule has 0 bridgehead atoms. The van der Waals surface area contributed by atoms with Crippen molar-refractivity contribution in [3.8, 4) is 33.8 Å². The number of hydrogen-bond donors (Lipinski definition) is 0. The van der Waals surface area contributed by atoms with Crippen LogP contribution in [0.25, 0.3) is 22.3 Å². The lowest BCUT2D eigenvalue weighted by atomic mass is 10.1. The van der Waals surface area contributed by atoms with E-state index in [1.165, 1.54) is 32.9 Å². The molecular formula is C34H36O2P2. The van der Waals surface area contributed by atoms with E-state index < -0.39 is 15.8 Å². The van der Waals surface area contributed by atoms with Gasteiger partial charge < -0.3 is 9.47 Å². The van der Waals surface area contributed by atoms with Gasteiger partial charge in [-0.1, -0.05) is 126 Å². The maximum atomic E-state index is 7.01. The van der Waals surface area contributed by atoms with Crippen LogP contribution >= 0.6 is 15.8 Å². The molecule has 4 heteroatoms. The molecule has 2 nitrogen and oxygen atoms in total. The Bertz CT molecular complexity index is 1340. The molecule has 2 aliphatic rings. The van der Waals surface area contributed by atoms with Crippen molar-refractivity contribution in [1.29, 1.82) is 0 Å². The molecule has 0 aliphatic carbocycles. The smallest absolute Gasteiger partial charge is 0.162 e. The quantitative estimate of drug-likeness (QED) is 0.242. The van der Waals surface area contributed by atoms with Crippen LogP contribution in [0.4, 0.5) is 0 Å². The second-order valence-electron chi connectivity index (χ2n) is 12.1. The molecule has 6 rings (SSSR count). The van der Waals surface area contributed by atoms with Gasteiger partial charge in [0.05, 0.1) is 0 Å². The van der Waals surface area contributed by atoms with Crippen LogP contribution in [0, 0.1) is 0 Å². The third-order valence-corrected chi connectivity index (χ3v) is 14.1. The van der Waals surface area contributed by atoms with E-state index in [-0.39, 0.29) is 22.0 Å². The van der Waals surface area contributed by atoms with Crippen molar-refractivity contribution in [2.45, 2.75) is 63.5 Å². The molecule has 4 aromatic carbocycles. The molecule has 2 unspecified atom stereocenters. The first kappa shape index (κ1) is 25.6. The van der Waals surface area contributed by atoms with Crippen molar-refractivity contribution in [1.82, 2.24) is 0 Å². The average Bonchev–Trinajstić information content (AvgIpc) is 3.48. The summed E-state index contributed by atoms with van der Waals surface area (Å²) in [5.74, 6) is 2.05. The molecule has 38 heavy (non-hydrogen) atoms. The maximum absolute atomic E-state index is 7.01. The van der Waals surface area contributed by atoms with Crippen molar-refractivity contribution in [2.75, 3.05) is 0 Å². The van der Waals surface area contributed by atoms with Crippen LogP contribution < -0.4 is 20.1 Å². The highest BCUT2D eigenvalue weighted by Crippen LogP contribution is 2.69. The predicted molar refractivity (Wildman–Crippen MR) is 165 cm³/mol. The van der Waals surface area contributed by atoms with E-state index in [0.717, 1.165) is 11.5 Å². The maximum Gasteiger partial charge on any atom is 0.162 e. The van der Waals surface area contributed by atoms with Gasteiger partial charge in [0.15, 0.2) is 11.7 Å². The number of rotatable bonds is 3. The highest BCUT2D eigenvalue weighted by atomic mass is 31.1. The molecule has 2 aliphatic heterocycles. The fourth-order valence-electron chi connectivity index (χ4n) is 5.86. The molecule has 0 amide bonds. The molecule has 0 aromatic heterocycles. The summed E-state index contributed by atoms with van der Waals surface area (Å²) in [5, 5.41) is 2.88. The topological polar surface area (TPSA) is 18.5 Å². The Morgan fingerprint density at radius 3 is 1.18 bits per heavy atom. The van der Waals surface area contributed by atoms with Crippen molar-refractivity contribution in [2.24, 2.45) is 0 Å². The fourth-order valence-corrected chi connectivity index (χ4v) is 12.8. The summed E-state index contributed by atoms with van der Waals surface area (Å²) in [5.41, 5.74) is 5.11. The van der Waals surface area contributed by atoms with E-state index in [2.05, 4.69) is 139 Å². The van der Waals surface area contributed by atoms with Gasteiger partial charge in [0, 0.05) is 10.6 Å². The van der Waals surface area contributed by atoms with Crippen LogP contribution in [0.1, 0.15) is 41.5 Å². The molecule has 0 fully saturated rings. The Labute approximate surface area is 229 Å². The zero-order valence-electron chi connectivity index (χ0n) is 23.1. The van der Waals surface area contributed by atoms with Crippen LogP contribution in [-0.4, -0.2) is 22.0 Å². The first-order chi connectivity index (χ1) is 18.1. The van der Waals surface area contributed by atoms with E-state index in [9.17, 15) is 0 Å². The second-order valence-corrected chi connectivity index (χ2v) is 18.2. The van der Waals surface area contributed by atoms with Crippen molar-refractivity contribution >= 4 is 26.5 Å². The number of ether oxygens (including phenoxy) is 2. The lowest BCUT2D eigenvalue weighted by molar-refractivity contribution is 0.171. The van der Waals surface area contributed by atoms with E-state index in [0.29, 0.717) is 0 Å². The van der Waals surface area contributed by atoms with Crippen LogP contribution in [-0.2, 0) is 0 Å². The van der Waals surface area contributed by atoms with Gasteiger partial charge in [-0.05, 0) is 60.5 Å². The highest BCUT2D eigenvalue weighted by molar-refractivity contribution is 7.72. The summed E-state index contributed by atoms with van der Waals surface area (Å²) in [7, 11) is -1.38. The third-order valence-electron chi connectivity index (χ3n) is 7.34. The predicted octanol–water partition coefficient (Wildman–Crippen LogP) is 8.97. The van der Waals surface area contributed by atoms with Gasteiger partial charge in [0.1, 0.15) is 11.5 Å². The number of benzene rings is 4. The molecule has 2 heterocycles. The van der Waals surface area contributed by atoms with Gasteiger partial charge in [-0.3, -0.25) is 0 Å². The van der Waals surface area contributed by atoms with Crippen molar-refractivity contribution < 1.29 is 9.47 Å². The van der Waals surface area contributed by atoms with Gasteiger partial charge in [-0.15, -0.1) is 0 Å². The van der Waals surface area contributed by atoms with E-state index in [1.54, 1.807) is 0 Å². The molecule has 0 N–H and O–H groups in total. The minimum Gasteiger partial charge on any atom is -0.481 e. The molecule has 0 saturated carbocycles. The van der Waals surface area contributed by atoms with Gasteiger partial charge in [-0.2, -0.15) is 0 Å². The number of hydrogen-bond acceptors (Lipinski definition) is 2. The van der Waals surface area contributed by atoms with E-state index in [4.69, 9.17) is 9.47 Å². The van der Waals surface area contributed by atoms with Crippen LogP contribution in [0.5, 0.6) is 11.5 Å². The first-order valence-corrected chi connectivity index (χ1v) is 16.3. The molecule has 4 atom stereocenters. The van der Waals surface area contributed by atoms with Gasteiger partial charge in [0.2, 0.25) is 0 Å². The van der Waals surface area contributed by atoms with Gasteiger partial charge >= 0.3 is 0 Å². The minimum atomic E-state index is -0.692. The van der Waals surface area contributed by atoms with Crippen molar-refractivity contribution in [3.05, 3.63) is 97.1 Å².